The summed E-state index contributed by atoms with van der Waals surface area (Å²) >= 11 is 0. The first-order chi connectivity index (χ1) is 21.2. The molecule has 0 heterocycles. The van der Waals surface area contributed by atoms with E-state index in [4.69, 9.17) is 61.9 Å². The number of phosphoric ester groups is 1. The number of ether oxygens (including phenoxy) is 4. The molecular weight excluding hydrogens is 615 g/mol. The lowest BCUT2D eigenvalue weighted by Crippen LogP contribution is -2.30. The van der Waals surface area contributed by atoms with Gasteiger partial charge in [-0.2, -0.15) is 0 Å². The van der Waals surface area contributed by atoms with E-state index >= 15 is 0 Å². The molecule has 0 radical (unpaired) electrons. The molecule has 0 amide bonds. The summed E-state index contributed by atoms with van der Waals surface area (Å²) in [5.41, 5.74) is 22.0. The Morgan fingerprint density at radius 2 is 1.16 bits per heavy atom. The zero-order chi connectivity index (χ0) is 34.6. The molecule has 254 valence electrons. The van der Waals surface area contributed by atoms with Gasteiger partial charge in [0, 0.05) is 0 Å². The molecule has 2 aromatic carbocycles. The van der Waals surface area contributed by atoms with E-state index in [1.807, 2.05) is 0 Å². The second kappa shape index (κ2) is 21.8. The van der Waals surface area contributed by atoms with E-state index in [-0.39, 0.29) is 11.5 Å². The molecular formula is C28H45N4O12P. The van der Waals surface area contributed by atoms with E-state index in [9.17, 15) is 14.2 Å². The molecule has 0 saturated carbocycles. The molecule has 45 heavy (non-hydrogen) atoms. The van der Waals surface area contributed by atoms with Crippen LogP contribution in [0.15, 0.2) is 30.3 Å². The number of phosphoric acid groups is 1. The zero-order valence-electron chi connectivity index (χ0n) is 25.8. The molecule has 2 rings (SSSR count). The van der Waals surface area contributed by atoms with Crippen molar-refractivity contribution in [1.82, 2.24) is 0 Å². The Labute approximate surface area is 262 Å². The minimum absolute atomic E-state index is 0.0575. The van der Waals surface area contributed by atoms with Gasteiger partial charge in [0.15, 0.2) is 23.0 Å². The third-order valence-electron chi connectivity index (χ3n) is 5.63. The van der Waals surface area contributed by atoms with Gasteiger partial charge in [-0.3, -0.25) is 19.4 Å². The SMILES string of the molecule is COc1ccc(/C=C\c2cc(OC)c(OC)c(OC)c2)cc1OP(=O)(O)O.NCCCC(N)C(=O)O.NCCCC(N)C(=O)O. The maximum absolute atomic E-state index is 11.1. The summed E-state index contributed by atoms with van der Waals surface area (Å²) in [7, 11) is 1.26. The van der Waals surface area contributed by atoms with Crippen molar-refractivity contribution in [3.05, 3.63) is 41.5 Å². The van der Waals surface area contributed by atoms with Crippen LogP contribution in [0, 0.1) is 0 Å². The number of methoxy groups -OCH3 is 4. The lowest BCUT2D eigenvalue weighted by Gasteiger charge is -2.13. The summed E-state index contributed by atoms with van der Waals surface area (Å²) in [5, 5.41) is 16.5. The molecule has 0 aromatic heterocycles. The lowest BCUT2D eigenvalue weighted by atomic mass is 10.1. The van der Waals surface area contributed by atoms with E-state index in [2.05, 4.69) is 4.52 Å². The molecule has 0 bridgehead atoms. The maximum Gasteiger partial charge on any atom is 0.524 e. The number of hydrogen-bond acceptors (Lipinski definition) is 12. The van der Waals surface area contributed by atoms with Gasteiger partial charge >= 0.3 is 19.8 Å². The Balaban J connectivity index is 0.000000880. The fourth-order valence-corrected chi connectivity index (χ4v) is 3.71. The van der Waals surface area contributed by atoms with Crippen molar-refractivity contribution in [3.63, 3.8) is 0 Å². The Kier molecular flexibility index (Phi) is 19.9. The number of carboxylic acid groups (broad SMARTS) is 2. The predicted octanol–water partition coefficient (Wildman–Crippen LogP) is 1.64. The standard InChI is InChI=1S/C18H21O8P.2C5H12N2O2/c1-22-14-8-7-12(9-15(14)26-27(19,20)21)5-6-13-10-16(23-2)18(25-4)17(11-13)24-3;2*6-3-1-2-4(7)5(8)9/h5-11H,1-4H3,(H2,19,20,21);2*4H,1-3,6-7H2,(H,8,9)/b6-5-;;. The van der Waals surface area contributed by atoms with Gasteiger partial charge in [0.05, 0.1) is 28.4 Å². The van der Waals surface area contributed by atoms with Gasteiger partial charge in [0.1, 0.15) is 12.1 Å². The van der Waals surface area contributed by atoms with Gasteiger partial charge in [0.25, 0.3) is 0 Å². The minimum Gasteiger partial charge on any atom is -0.493 e. The summed E-state index contributed by atoms with van der Waals surface area (Å²) in [6, 6.07) is 6.80. The first kappa shape index (κ1) is 41.1. The van der Waals surface area contributed by atoms with Crippen LogP contribution in [-0.2, 0) is 14.2 Å². The summed E-state index contributed by atoms with van der Waals surface area (Å²) in [6.07, 6.45) is 5.80. The Bertz CT molecular complexity index is 1220. The van der Waals surface area contributed by atoms with Crippen LogP contribution in [0.1, 0.15) is 36.8 Å². The molecule has 2 aromatic rings. The van der Waals surface area contributed by atoms with Crippen LogP contribution in [0.25, 0.3) is 12.2 Å². The fraction of sp³-hybridized carbons (Fsp3) is 0.429. The number of rotatable bonds is 16. The molecule has 17 heteroatoms. The topological polar surface area (TPSA) is 282 Å². The highest BCUT2D eigenvalue weighted by Gasteiger charge is 2.19. The molecule has 0 aliphatic carbocycles. The van der Waals surface area contributed by atoms with E-state index in [1.165, 1.54) is 34.5 Å². The lowest BCUT2D eigenvalue weighted by molar-refractivity contribution is -0.139. The van der Waals surface area contributed by atoms with E-state index < -0.39 is 31.8 Å². The van der Waals surface area contributed by atoms with Gasteiger partial charge in [-0.05, 0) is 74.2 Å². The zero-order valence-corrected chi connectivity index (χ0v) is 26.6. The van der Waals surface area contributed by atoms with Crippen molar-refractivity contribution < 1.29 is 57.6 Å². The quantitative estimate of drug-likeness (QED) is 0.0938. The first-order valence-corrected chi connectivity index (χ1v) is 15.0. The minimum atomic E-state index is -4.71. The predicted molar refractivity (Wildman–Crippen MR) is 168 cm³/mol. The smallest absolute Gasteiger partial charge is 0.493 e. The van der Waals surface area contributed by atoms with Crippen LogP contribution in [-0.4, -0.2) is 85.6 Å². The normalized spacial score (nSPS) is 12.0. The summed E-state index contributed by atoms with van der Waals surface area (Å²) in [6.45, 7) is 1.00. The average Bonchev–Trinajstić information content (AvgIpc) is 3.00. The highest BCUT2D eigenvalue weighted by atomic mass is 31.2. The van der Waals surface area contributed by atoms with Crippen LogP contribution >= 0.6 is 7.82 Å². The van der Waals surface area contributed by atoms with Gasteiger partial charge in [-0.15, -0.1) is 0 Å². The fourth-order valence-electron chi connectivity index (χ4n) is 3.31. The average molecular weight is 661 g/mol. The number of hydrogen-bond donors (Lipinski definition) is 8. The van der Waals surface area contributed by atoms with Crippen LogP contribution in [0.5, 0.6) is 28.7 Å². The van der Waals surface area contributed by atoms with Crippen molar-refractivity contribution in [2.75, 3.05) is 41.5 Å². The highest BCUT2D eigenvalue weighted by molar-refractivity contribution is 7.46. The summed E-state index contributed by atoms with van der Waals surface area (Å²) < 4.78 is 36.8. The van der Waals surface area contributed by atoms with Gasteiger partial charge in [0.2, 0.25) is 5.75 Å². The van der Waals surface area contributed by atoms with Crippen molar-refractivity contribution in [1.29, 1.82) is 0 Å². The van der Waals surface area contributed by atoms with Crippen molar-refractivity contribution in [3.8, 4) is 28.7 Å². The van der Waals surface area contributed by atoms with Gasteiger partial charge in [-0.25, -0.2) is 4.57 Å². The molecule has 2 unspecified atom stereocenters. The largest absolute Gasteiger partial charge is 0.524 e. The van der Waals surface area contributed by atoms with Gasteiger partial charge in [-0.1, -0.05) is 18.2 Å². The number of carboxylic acids is 2. The van der Waals surface area contributed by atoms with E-state index in [1.54, 1.807) is 36.4 Å². The second-order valence-electron chi connectivity index (χ2n) is 9.04. The van der Waals surface area contributed by atoms with E-state index in [0.29, 0.717) is 61.6 Å². The maximum atomic E-state index is 11.1. The molecule has 2 atom stereocenters. The highest BCUT2D eigenvalue weighted by Crippen LogP contribution is 2.42. The van der Waals surface area contributed by atoms with Crippen molar-refractivity contribution in [2.45, 2.75) is 37.8 Å². The molecule has 0 aliphatic rings. The van der Waals surface area contributed by atoms with Crippen LogP contribution in [0.3, 0.4) is 0 Å². The van der Waals surface area contributed by atoms with Crippen molar-refractivity contribution in [2.24, 2.45) is 22.9 Å². The molecule has 0 fully saturated rings. The van der Waals surface area contributed by atoms with Crippen LogP contribution in [0.2, 0.25) is 0 Å². The van der Waals surface area contributed by atoms with Crippen molar-refractivity contribution >= 4 is 31.9 Å². The number of aliphatic carboxylic acids is 2. The number of benzene rings is 2. The molecule has 12 N–H and O–H groups in total. The monoisotopic (exact) mass is 660 g/mol. The number of nitrogens with two attached hydrogens (primary N) is 4. The molecule has 0 aliphatic heterocycles. The molecule has 16 nitrogen and oxygen atoms in total. The summed E-state index contributed by atoms with van der Waals surface area (Å²) in [4.78, 5) is 38.1. The Morgan fingerprint density at radius 1 is 0.733 bits per heavy atom. The Hall–Kier alpha value is -3.89. The first-order valence-electron chi connectivity index (χ1n) is 13.5. The van der Waals surface area contributed by atoms with E-state index in [0.717, 1.165) is 5.56 Å². The third kappa shape index (κ3) is 16.7. The summed E-state index contributed by atoms with van der Waals surface area (Å²) in [5.74, 6) is -0.250. The van der Waals surface area contributed by atoms with Gasteiger partial charge < -0.3 is 56.6 Å². The number of carbonyl (C=O) groups is 2. The van der Waals surface area contributed by atoms with Crippen LogP contribution in [0.4, 0.5) is 0 Å². The van der Waals surface area contributed by atoms with Crippen LogP contribution < -0.4 is 46.4 Å². The molecule has 0 spiro atoms. The molecule has 0 saturated heterocycles. The Morgan fingerprint density at radius 3 is 1.51 bits per heavy atom. The third-order valence-corrected chi connectivity index (χ3v) is 6.07. The second-order valence-corrected chi connectivity index (χ2v) is 10.2.